The van der Waals surface area contributed by atoms with Gasteiger partial charge in [0, 0.05) is 0 Å². The number of carbonyl (C=O) groups excluding carboxylic acids is 1. The molecule has 0 aliphatic heterocycles. The first kappa shape index (κ1) is 15.7. The molecule has 0 spiro atoms. The average molecular weight is 264 g/mol. The van der Waals surface area contributed by atoms with E-state index in [-0.39, 0.29) is 5.78 Å². The molecule has 0 saturated carbocycles. The van der Waals surface area contributed by atoms with Crippen LogP contribution in [0.5, 0.6) is 5.75 Å². The molecule has 0 saturated heterocycles. The van der Waals surface area contributed by atoms with Crippen molar-refractivity contribution in [3.63, 3.8) is 0 Å². The first-order valence-electron chi connectivity index (χ1n) is 6.54. The van der Waals surface area contributed by atoms with Gasteiger partial charge in [0.1, 0.15) is 5.75 Å². The van der Waals surface area contributed by atoms with Crippen molar-refractivity contribution in [1.29, 1.82) is 0 Å². The third kappa shape index (κ3) is 5.41. The molecule has 4 nitrogen and oxygen atoms in total. The summed E-state index contributed by atoms with van der Waals surface area (Å²) in [6.07, 6.45) is 1.06. The van der Waals surface area contributed by atoms with Gasteiger partial charge in [-0.3, -0.25) is 9.69 Å². The molecule has 1 rings (SSSR count). The van der Waals surface area contributed by atoms with Gasteiger partial charge in [-0.1, -0.05) is 12.1 Å². The van der Waals surface area contributed by atoms with Crippen LogP contribution in [-0.4, -0.2) is 63.5 Å². The Morgan fingerprint density at radius 2 is 1.84 bits per heavy atom. The molecule has 0 heterocycles. The van der Waals surface area contributed by atoms with Gasteiger partial charge in [-0.2, -0.15) is 0 Å². The van der Waals surface area contributed by atoms with E-state index in [4.69, 9.17) is 4.74 Å². The lowest BCUT2D eigenvalue weighted by molar-refractivity contribution is 0.0941. The first-order chi connectivity index (χ1) is 9.04. The van der Waals surface area contributed by atoms with Crippen molar-refractivity contribution < 1.29 is 9.53 Å². The highest BCUT2D eigenvalue weighted by Crippen LogP contribution is 2.17. The van der Waals surface area contributed by atoms with E-state index in [0.717, 1.165) is 19.5 Å². The zero-order valence-corrected chi connectivity index (χ0v) is 12.3. The maximum Gasteiger partial charge on any atom is 0.180 e. The van der Waals surface area contributed by atoms with E-state index in [9.17, 15) is 4.79 Å². The highest BCUT2D eigenvalue weighted by molar-refractivity contribution is 6.00. The summed E-state index contributed by atoms with van der Waals surface area (Å²) in [6.45, 7) is 2.38. The minimum absolute atomic E-state index is 0.102. The van der Waals surface area contributed by atoms with Crippen LogP contribution in [0.4, 0.5) is 0 Å². The molecular weight excluding hydrogens is 240 g/mol. The van der Waals surface area contributed by atoms with Crippen molar-refractivity contribution in [1.82, 2.24) is 9.80 Å². The van der Waals surface area contributed by atoms with E-state index in [2.05, 4.69) is 23.9 Å². The Balaban J connectivity index is 2.50. The molecule has 1 aromatic carbocycles. The second kappa shape index (κ2) is 7.92. The highest BCUT2D eigenvalue weighted by atomic mass is 16.5. The predicted molar refractivity (Wildman–Crippen MR) is 78.0 cm³/mol. The molecule has 0 bridgehead atoms. The van der Waals surface area contributed by atoms with Crippen LogP contribution in [0.3, 0.4) is 0 Å². The van der Waals surface area contributed by atoms with Gasteiger partial charge in [-0.05, 0) is 52.8 Å². The molecule has 0 N–H and O–H groups in total. The number of nitrogens with zero attached hydrogens (tertiary/aromatic N) is 2. The van der Waals surface area contributed by atoms with Crippen LogP contribution in [0.15, 0.2) is 24.3 Å². The Morgan fingerprint density at radius 1 is 1.16 bits per heavy atom. The quantitative estimate of drug-likeness (QED) is 0.670. The molecule has 0 fully saturated rings. The van der Waals surface area contributed by atoms with Gasteiger partial charge in [0.25, 0.3) is 0 Å². The number of ketones is 1. The SMILES string of the molecule is COc1ccccc1C(=O)CN(C)CCCN(C)C. The van der Waals surface area contributed by atoms with Gasteiger partial charge in [0.15, 0.2) is 5.78 Å². The number of Topliss-reactive ketones (excluding diaryl/α,β-unsaturated/α-hetero) is 1. The van der Waals surface area contributed by atoms with Crippen LogP contribution in [0.1, 0.15) is 16.8 Å². The lowest BCUT2D eigenvalue weighted by Gasteiger charge is -2.18. The van der Waals surface area contributed by atoms with Gasteiger partial charge >= 0.3 is 0 Å². The van der Waals surface area contributed by atoms with Crippen molar-refractivity contribution in [2.75, 3.05) is 47.9 Å². The van der Waals surface area contributed by atoms with Gasteiger partial charge in [0.05, 0.1) is 19.2 Å². The van der Waals surface area contributed by atoms with Gasteiger partial charge in [-0.15, -0.1) is 0 Å². The third-order valence-corrected chi connectivity index (χ3v) is 2.97. The van der Waals surface area contributed by atoms with Crippen LogP contribution < -0.4 is 4.74 Å². The normalized spacial score (nSPS) is 11.1. The smallest absolute Gasteiger partial charge is 0.180 e. The van der Waals surface area contributed by atoms with E-state index in [1.807, 2.05) is 31.3 Å². The number of rotatable bonds is 8. The Kier molecular flexibility index (Phi) is 6.53. The zero-order valence-electron chi connectivity index (χ0n) is 12.3. The number of ether oxygens (including phenoxy) is 1. The van der Waals surface area contributed by atoms with E-state index < -0.39 is 0 Å². The van der Waals surface area contributed by atoms with Crippen LogP contribution in [-0.2, 0) is 0 Å². The van der Waals surface area contributed by atoms with E-state index >= 15 is 0 Å². The highest BCUT2D eigenvalue weighted by Gasteiger charge is 2.13. The van der Waals surface area contributed by atoms with Crippen molar-refractivity contribution in [3.05, 3.63) is 29.8 Å². The molecule has 19 heavy (non-hydrogen) atoms. The fourth-order valence-corrected chi connectivity index (χ4v) is 1.94. The number of hydrogen-bond acceptors (Lipinski definition) is 4. The van der Waals surface area contributed by atoms with E-state index in [0.29, 0.717) is 17.9 Å². The molecule has 0 aliphatic carbocycles. The minimum Gasteiger partial charge on any atom is -0.496 e. The summed E-state index contributed by atoms with van der Waals surface area (Å²) < 4.78 is 5.21. The summed E-state index contributed by atoms with van der Waals surface area (Å²) in [4.78, 5) is 16.4. The fraction of sp³-hybridized carbons (Fsp3) is 0.533. The largest absolute Gasteiger partial charge is 0.496 e. The number of carbonyl (C=O) groups is 1. The standard InChI is InChI=1S/C15H24N2O2/c1-16(2)10-7-11-17(3)12-14(18)13-8-5-6-9-15(13)19-4/h5-6,8-9H,7,10-12H2,1-4H3. The topological polar surface area (TPSA) is 32.8 Å². The van der Waals surface area contributed by atoms with Crippen molar-refractivity contribution in [2.45, 2.75) is 6.42 Å². The molecule has 106 valence electrons. The molecule has 1 aromatic rings. The third-order valence-electron chi connectivity index (χ3n) is 2.97. The molecule has 0 atom stereocenters. The Labute approximate surface area is 116 Å². The van der Waals surface area contributed by atoms with Crippen LogP contribution >= 0.6 is 0 Å². The minimum atomic E-state index is 0.102. The summed E-state index contributed by atoms with van der Waals surface area (Å²) in [5.41, 5.74) is 0.657. The Bertz CT molecular complexity index is 405. The molecule has 0 unspecified atom stereocenters. The molecule has 0 aliphatic rings. The molecular formula is C15H24N2O2. The molecule has 0 amide bonds. The summed E-state index contributed by atoms with van der Waals surface area (Å²) in [5.74, 6) is 0.749. The van der Waals surface area contributed by atoms with Gasteiger partial charge in [-0.25, -0.2) is 0 Å². The van der Waals surface area contributed by atoms with Crippen molar-refractivity contribution in [3.8, 4) is 5.75 Å². The monoisotopic (exact) mass is 264 g/mol. The number of likely N-dealkylation sites (N-methyl/N-ethyl adjacent to an activating group) is 1. The maximum absolute atomic E-state index is 12.2. The van der Waals surface area contributed by atoms with Crippen LogP contribution in [0.2, 0.25) is 0 Å². The number of hydrogen-bond donors (Lipinski definition) is 0. The lowest BCUT2D eigenvalue weighted by Crippen LogP contribution is -2.29. The van der Waals surface area contributed by atoms with Crippen molar-refractivity contribution >= 4 is 5.78 Å². The van der Waals surface area contributed by atoms with Gasteiger partial charge in [0.2, 0.25) is 0 Å². The maximum atomic E-state index is 12.2. The molecule has 0 aromatic heterocycles. The predicted octanol–water partition coefficient (Wildman–Crippen LogP) is 1.76. The molecule has 4 heteroatoms. The summed E-state index contributed by atoms with van der Waals surface area (Å²) in [6, 6.07) is 7.37. The van der Waals surface area contributed by atoms with E-state index in [1.165, 1.54) is 0 Å². The van der Waals surface area contributed by atoms with Crippen molar-refractivity contribution in [2.24, 2.45) is 0 Å². The Morgan fingerprint density at radius 3 is 2.47 bits per heavy atom. The number of para-hydroxylation sites is 1. The van der Waals surface area contributed by atoms with E-state index in [1.54, 1.807) is 7.11 Å². The Hall–Kier alpha value is -1.39. The molecule has 0 radical (unpaired) electrons. The average Bonchev–Trinajstić information content (AvgIpc) is 2.38. The van der Waals surface area contributed by atoms with Crippen LogP contribution in [0, 0.1) is 0 Å². The number of benzene rings is 1. The zero-order chi connectivity index (χ0) is 14.3. The first-order valence-corrected chi connectivity index (χ1v) is 6.54. The van der Waals surface area contributed by atoms with Gasteiger partial charge < -0.3 is 9.64 Å². The second-order valence-electron chi connectivity index (χ2n) is 5.02. The summed E-state index contributed by atoms with van der Waals surface area (Å²) in [7, 11) is 7.68. The van der Waals surface area contributed by atoms with Crippen LogP contribution in [0.25, 0.3) is 0 Å². The number of methoxy groups -OCH3 is 1. The second-order valence-corrected chi connectivity index (χ2v) is 5.02. The summed E-state index contributed by atoms with van der Waals surface area (Å²) >= 11 is 0. The lowest BCUT2D eigenvalue weighted by atomic mass is 10.1. The summed E-state index contributed by atoms with van der Waals surface area (Å²) in [5, 5.41) is 0. The fourth-order valence-electron chi connectivity index (χ4n) is 1.94.